The fourth-order valence-electron chi connectivity index (χ4n) is 4.97. The van der Waals surface area contributed by atoms with Gasteiger partial charge in [-0.3, -0.25) is 0 Å². The molecule has 0 N–H and O–H groups in total. The summed E-state index contributed by atoms with van der Waals surface area (Å²) < 4.78 is 147. The first-order valence-corrected chi connectivity index (χ1v) is 13.9. The average Bonchev–Trinajstić information content (AvgIpc) is 2.99. The highest BCUT2D eigenvalue weighted by Gasteiger charge is 2.41. The van der Waals surface area contributed by atoms with Crippen LogP contribution >= 0.6 is 0 Å². The normalized spacial score (nSPS) is 11.9. The first-order valence-electron chi connectivity index (χ1n) is 13.9. The molecule has 0 amide bonds. The molecule has 47 heavy (non-hydrogen) atoms. The van der Waals surface area contributed by atoms with Gasteiger partial charge in [-0.05, 0) is 83.1 Å². The number of benzene rings is 5. The minimum Gasteiger partial charge on any atom is -0.429 e. The molecule has 0 atom stereocenters. The molecule has 0 aliphatic carbocycles. The van der Waals surface area contributed by atoms with Crippen LogP contribution in [0.2, 0.25) is 0 Å². The number of rotatable bonds is 9. The largest absolute Gasteiger partial charge is 0.432 e. The van der Waals surface area contributed by atoms with Crippen LogP contribution < -0.4 is 4.74 Å². The maximum absolute atomic E-state index is 15.0. The smallest absolute Gasteiger partial charge is 0.429 e. The van der Waals surface area contributed by atoms with Crippen molar-refractivity contribution < 1.29 is 48.6 Å². The molecule has 0 spiro atoms. The van der Waals surface area contributed by atoms with Crippen molar-refractivity contribution in [2.45, 2.75) is 25.1 Å². The molecule has 0 saturated heterocycles. The molecule has 242 valence electrons. The van der Waals surface area contributed by atoms with E-state index in [0.717, 1.165) is 54.4 Å². The lowest BCUT2D eigenvalue weighted by molar-refractivity contribution is -0.189. The van der Waals surface area contributed by atoms with Crippen LogP contribution in [-0.2, 0) is 18.7 Å². The fourth-order valence-corrected chi connectivity index (χ4v) is 4.97. The van der Waals surface area contributed by atoms with Crippen molar-refractivity contribution in [3.8, 4) is 39.1 Å². The summed E-state index contributed by atoms with van der Waals surface area (Å²) in [6, 6.07) is 15.4. The Balaban J connectivity index is 1.35. The van der Waals surface area contributed by atoms with Crippen LogP contribution in [0, 0.1) is 29.1 Å². The van der Waals surface area contributed by atoms with E-state index in [-0.39, 0.29) is 27.8 Å². The lowest BCUT2D eigenvalue weighted by Crippen LogP contribution is -2.25. The molecule has 0 aliphatic heterocycles. The van der Waals surface area contributed by atoms with Crippen LogP contribution in [0.5, 0.6) is 5.75 Å². The van der Waals surface area contributed by atoms with Crippen LogP contribution in [0.25, 0.3) is 33.4 Å². The molecule has 5 rings (SSSR count). The molecule has 5 aromatic rings. The molecular weight excluding hydrogens is 638 g/mol. The van der Waals surface area contributed by atoms with Crippen LogP contribution in [0.15, 0.2) is 104 Å². The van der Waals surface area contributed by atoms with E-state index in [1.807, 2.05) is 0 Å². The van der Waals surface area contributed by atoms with Gasteiger partial charge in [-0.25, -0.2) is 22.0 Å². The fraction of sp³-hybridized carbons (Fsp3) is 0.111. The van der Waals surface area contributed by atoms with Gasteiger partial charge in [0.15, 0.2) is 0 Å². The van der Waals surface area contributed by atoms with Gasteiger partial charge in [0.05, 0.1) is 5.56 Å². The van der Waals surface area contributed by atoms with Gasteiger partial charge < -0.3 is 4.74 Å². The number of hydrogen-bond donors (Lipinski definition) is 0. The first-order chi connectivity index (χ1) is 22.2. The third-order valence-electron chi connectivity index (χ3n) is 7.31. The lowest BCUT2D eigenvalue weighted by atomic mass is 9.98. The Labute approximate surface area is 262 Å². The Bertz CT molecular complexity index is 1920. The van der Waals surface area contributed by atoms with Gasteiger partial charge in [-0.15, -0.1) is 6.58 Å². The average molecular weight is 661 g/mol. The Morgan fingerprint density at radius 1 is 0.553 bits per heavy atom. The lowest BCUT2D eigenvalue weighted by Gasteiger charge is -2.20. The van der Waals surface area contributed by atoms with E-state index in [1.54, 1.807) is 30.3 Å². The SMILES string of the molecule is C=CCCc1ccc(-c2cc(F)c(C(F)(F)Oc3ccc(-c4ccc(-c5ccc(C(F)(F)F)c(F)c5)c(F)c4)c(F)c3)c(F)c2)cc1. The molecule has 0 bridgehead atoms. The van der Waals surface area contributed by atoms with Crippen molar-refractivity contribution >= 4 is 0 Å². The number of aryl methyl sites for hydroxylation is 1. The quantitative estimate of drug-likeness (QED) is 0.113. The number of allylic oxidation sites excluding steroid dienone is 1. The van der Waals surface area contributed by atoms with E-state index in [9.17, 15) is 30.7 Å². The van der Waals surface area contributed by atoms with E-state index >= 15 is 13.2 Å². The Kier molecular flexibility index (Phi) is 9.20. The molecule has 0 fully saturated rings. The van der Waals surface area contributed by atoms with Gasteiger partial charge in [-0.2, -0.15) is 22.0 Å². The van der Waals surface area contributed by atoms with Crippen LogP contribution in [0.3, 0.4) is 0 Å². The van der Waals surface area contributed by atoms with Gasteiger partial charge in [0.2, 0.25) is 0 Å². The van der Waals surface area contributed by atoms with Gasteiger partial charge in [0, 0.05) is 17.2 Å². The predicted molar refractivity (Wildman–Crippen MR) is 157 cm³/mol. The van der Waals surface area contributed by atoms with E-state index < -0.39 is 58.2 Å². The highest BCUT2D eigenvalue weighted by molar-refractivity contribution is 5.72. The molecule has 5 aromatic carbocycles. The van der Waals surface area contributed by atoms with Crippen molar-refractivity contribution in [1.29, 1.82) is 0 Å². The van der Waals surface area contributed by atoms with Crippen LogP contribution in [0.4, 0.5) is 43.9 Å². The molecular formula is C36H22F10O. The summed E-state index contributed by atoms with van der Waals surface area (Å²) in [7, 11) is 0. The summed E-state index contributed by atoms with van der Waals surface area (Å²) in [6.45, 7) is 3.64. The van der Waals surface area contributed by atoms with Crippen LogP contribution in [-0.4, -0.2) is 0 Å². The number of alkyl halides is 5. The Hall–Kier alpha value is -5.06. The van der Waals surface area contributed by atoms with Crippen molar-refractivity contribution in [2.75, 3.05) is 0 Å². The van der Waals surface area contributed by atoms with Crippen molar-refractivity contribution in [1.82, 2.24) is 0 Å². The summed E-state index contributed by atoms with van der Waals surface area (Å²) in [6.07, 6.45) is -6.35. The summed E-state index contributed by atoms with van der Waals surface area (Å²) in [5, 5.41) is 0. The molecule has 1 nitrogen and oxygen atoms in total. The second-order valence-electron chi connectivity index (χ2n) is 10.5. The van der Waals surface area contributed by atoms with Gasteiger partial charge in [0.25, 0.3) is 0 Å². The van der Waals surface area contributed by atoms with Crippen LogP contribution in [0.1, 0.15) is 23.1 Å². The highest BCUT2D eigenvalue weighted by Crippen LogP contribution is 2.39. The maximum Gasteiger partial charge on any atom is 0.432 e. The van der Waals surface area contributed by atoms with E-state index in [2.05, 4.69) is 11.3 Å². The van der Waals surface area contributed by atoms with Crippen molar-refractivity contribution in [3.63, 3.8) is 0 Å². The molecule has 0 unspecified atom stereocenters. The maximum atomic E-state index is 15.0. The zero-order chi connectivity index (χ0) is 34.1. The monoisotopic (exact) mass is 660 g/mol. The topological polar surface area (TPSA) is 9.23 Å². The molecule has 0 aliphatic rings. The number of hydrogen-bond acceptors (Lipinski definition) is 1. The zero-order valence-corrected chi connectivity index (χ0v) is 24.0. The third kappa shape index (κ3) is 7.19. The van der Waals surface area contributed by atoms with Gasteiger partial charge >= 0.3 is 12.3 Å². The molecule has 0 radical (unpaired) electrons. The second-order valence-corrected chi connectivity index (χ2v) is 10.5. The van der Waals surface area contributed by atoms with E-state index in [0.29, 0.717) is 30.2 Å². The Morgan fingerprint density at radius 3 is 1.60 bits per heavy atom. The van der Waals surface area contributed by atoms with Gasteiger partial charge in [-0.1, -0.05) is 48.5 Å². The molecule has 0 aromatic heterocycles. The first kappa shape index (κ1) is 33.3. The molecule has 0 saturated carbocycles. The van der Waals surface area contributed by atoms with Crippen molar-refractivity contribution in [2.24, 2.45) is 0 Å². The highest BCUT2D eigenvalue weighted by atomic mass is 19.4. The standard InChI is InChI=1S/C36H22F10O/c1-2-3-4-20-5-7-21(8-6-20)24-17-32(40)34(33(41)18-24)36(45,46)47-25-11-13-27(30(38)19-25)22-9-12-26(29(37)15-22)23-10-14-28(31(39)16-23)35(42,43)44/h2,5-19H,1,3-4H2. The van der Waals surface area contributed by atoms with E-state index in [4.69, 9.17) is 0 Å². The predicted octanol–water partition coefficient (Wildman–Crippen LogP) is 11.6. The summed E-state index contributed by atoms with van der Waals surface area (Å²) in [5.41, 5.74) is -2.77. The van der Waals surface area contributed by atoms with E-state index in [1.165, 1.54) is 6.07 Å². The minimum atomic E-state index is -4.95. The zero-order valence-electron chi connectivity index (χ0n) is 24.0. The molecule has 11 heteroatoms. The molecule has 0 heterocycles. The number of halogens is 10. The summed E-state index contributed by atoms with van der Waals surface area (Å²) in [5.74, 6) is -7.81. The third-order valence-corrected chi connectivity index (χ3v) is 7.31. The summed E-state index contributed by atoms with van der Waals surface area (Å²) >= 11 is 0. The summed E-state index contributed by atoms with van der Waals surface area (Å²) in [4.78, 5) is 0. The minimum absolute atomic E-state index is 0.00641. The Morgan fingerprint density at radius 2 is 1.06 bits per heavy atom. The van der Waals surface area contributed by atoms with Crippen molar-refractivity contribution in [3.05, 3.63) is 149 Å². The second kappa shape index (κ2) is 13.0. The van der Waals surface area contributed by atoms with Gasteiger partial charge in [0.1, 0.15) is 40.4 Å². The number of ether oxygens (including phenoxy) is 1.